The Morgan fingerprint density at radius 1 is 1.21 bits per heavy atom. The Labute approximate surface area is 172 Å². The summed E-state index contributed by atoms with van der Waals surface area (Å²) in [5.74, 6) is -0.982. The lowest BCUT2D eigenvalue weighted by Crippen LogP contribution is -2.29. The molecule has 1 unspecified atom stereocenters. The van der Waals surface area contributed by atoms with Crippen molar-refractivity contribution in [2.45, 2.75) is 53.1 Å². The first kappa shape index (κ1) is 26.2. The molecule has 3 N–H and O–H groups in total. The van der Waals surface area contributed by atoms with E-state index in [1.807, 2.05) is 33.8 Å². The van der Waals surface area contributed by atoms with Gasteiger partial charge in [-0.1, -0.05) is 52.3 Å². The zero-order valence-corrected chi connectivity index (χ0v) is 17.9. The number of nitrogens with two attached hydrogens (primary N) is 1. The molecule has 1 atom stereocenters. The Hall–Kier alpha value is -2.80. The second-order valence-corrected chi connectivity index (χ2v) is 5.74. The minimum absolute atomic E-state index is 0.0972. The summed E-state index contributed by atoms with van der Waals surface area (Å²) in [6, 6.07) is 9.85. The molecule has 0 radical (unpaired) electrons. The van der Waals surface area contributed by atoms with E-state index < -0.39 is 12.0 Å². The topological polar surface area (TPSA) is 94.3 Å². The van der Waals surface area contributed by atoms with Crippen LogP contribution in [-0.4, -0.2) is 30.0 Å². The third-order valence-electron chi connectivity index (χ3n) is 3.75. The summed E-state index contributed by atoms with van der Waals surface area (Å²) >= 11 is 0. The van der Waals surface area contributed by atoms with E-state index in [4.69, 9.17) is 10.5 Å². The molecule has 0 aliphatic heterocycles. The van der Waals surface area contributed by atoms with Crippen LogP contribution < -0.4 is 11.1 Å². The number of hydrogen-bond donors (Lipinski definition) is 2. The van der Waals surface area contributed by atoms with Crippen molar-refractivity contribution in [3.05, 3.63) is 59.7 Å². The number of benzene rings is 1. The molecule has 0 bridgehead atoms. The van der Waals surface area contributed by atoms with E-state index in [1.165, 1.54) is 25.4 Å². The predicted molar refractivity (Wildman–Crippen MR) is 114 cm³/mol. The second-order valence-electron chi connectivity index (χ2n) is 5.74. The Bertz CT molecular complexity index is 754. The van der Waals surface area contributed by atoms with Gasteiger partial charge in [-0.2, -0.15) is 0 Å². The van der Waals surface area contributed by atoms with Crippen LogP contribution in [-0.2, 0) is 16.0 Å². The number of carbonyl (C=O) groups excluding carboxylic acids is 2. The molecule has 7 heteroatoms. The number of aryl methyl sites for hydroxylation is 1. The summed E-state index contributed by atoms with van der Waals surface area (Å²) in [7, 11) is 1.49. The summed E-state index contributed by atoms with van der Waals surface area (Å²) in [5.41, 5.74) is 6.48. The molecule has 1 aromatic carbocycles. The average Bonchev–Trinajstić information content (AvgIpc) is 2.74. The summed E-state index contributed by atoms with van der Waals surface area (Å²) < 4.78 is 17.7. The molecule has 1 aromatic heterocycles. The van der Waals surface area contributed by atoms with Crippen molar-refractivity contribution in [1.82, 2.24) is 4.98 Å². The number of hydrogen-bond acceptors (Lipinski definition) is 4. The van der Waals surface area contributed by atoms with Crippen molar-refractivity contribution in [2.75, 3.05) is 12.4 Å². The molecular weight excluding hydrogens is 373 g/mol. The Balaban J connectivity index is 0.000000595. The van der Waals surface area contributed by atoms with Gasteiger partial charge in [0, 0.05) is 19.0 Å². The highest BCUT2D eigenvalue weighted by Crippen LogP contribution is 2.10. The molecule has 2 amide bonds. The molecule has 29 heavy (non-hydrogen) atoms. The number of anilines is 1. The number of amides is 2. The van der Waals surface area contributed by atoms with Crippen molar-refractivity contribution in [2.24, 2.45) is 5.73 Å². The number of nitrogens with zero attached hydrogens (tertiary/aromatic N) is 1. The largest absolute Gasteiger partial charge is 0.372 e. The van der Waals surface area contributed by atoms with Crippen LogP contribution in [0.15, 0.2) is 42.6 Å². The van der Waals surface area contributed by atoms with Gasteiger partial charge in [0.25, 0.3) is 11.8 Å². The monoisotopic (exact) mass is 405 g/mol. The van der Waals surface area contributed by atoms with Crippen LogP contribution in [0.1, 0.15) is 56.6 Å². The molecule has 2 rings (SSSR count). The van der Waals surface area contributed by atoms with Gasteiger partial charge < -0.3 is 15.8 Å². The quantitative estimate of drug-likeness (QED) is 0.716. The zero-order valence-electron chi connectivity index (χ0n) is 17.9. The minimum atomic E-state index is -0.636. The molecule has 2 aromatic rings. The third kappa shape index (κ3) is 9.80. The van der Waals surface area contributed by atoms with Crippen molar-refractivity contribution < 1.29 is 18.7 Å². The molecule has 0 spiro atoms. The van der Waals surface area contributed by atoms with E-state index in [1.54, 1.807) is 18.2 Å². The number of halogens is 1. The smallest absolute Gasteiger partial charge is 0.267 e. The Morgan fingerprint density at radius 2 is 1.86 bits per heavy atom. The van der Waals surface area contributed by atoms with Crippen molar-refractivity contribution in [3.63, 3.8) is 0 Å². The Morgan fingerprint density at radius 3 is 2.34 bits per heavy atom. The highest BCUT2D eigenvalue weighted by atomic mass is 19.1. The predicted octanol–water partition coefficient (Wildman–Crippen LogP) is 4.35. The molecule has 0 saturated carbocycles. The van der Waals surface area contributed by atoms with Gasteiger partial charge >= 0.3 is 0 Å². The lowest BCUT2D eigenvalue weighted by atomic mass is 10.2. The lowest BCUT2D eigenvalue weighted by Gasteiger charge is -2.14. The number of aromatic nitrogens is 1. The van der Waals surface area contributed by atoms with E-state index in [2.05, 4.69) is 10.3 Å². The first-order chi connectivity index (χ1) is 13.9. The molecule has 0 aliphatic rings. The van der Waals surface area contributed by atoms with Crippen LogP contribution in [0.25, 0.3) is 0 Å². The summed E-state index contributed by atoms with van der Waals surface area (Å²) in [5, 5.41) is 2.66. The van der Waals surface area contributed by atoms with Gasteiger partial charge in [0.05, 0.1) is 0 Å². The normalized spacial score (nSPS) is 10.6. The molecule has 6 nitrogen and oxygen atoms in total. The molecule has 1 heterocycles. The van der Waals surface area contributed by atoms with Gasteiger partial charge in [0.1, 0.15) is 17.6 Å². The highest BCUT2D eigenvalue weighted by Gasteiger charge is 2.17. The van der Waals surface area contributed by atoms with Gasteiger partial charge in [0.2, 0.25) is 0 Å². The van der Waals surface area contributed by atoms with Crippen LogP contribution in [0.3, 0.4) is 0 Å². The van der Waals surface area contributed by atoms with Gasteiger partial charge in [-0.25, -0.2) is 4.39 Å². The lowest BCUT2D eigenvalue weighted by molar-refractivity contribution is -0.126. The number of methoxy groups -OCH3 is 1. The fourth-order valence-corrected chi connectivity index (χ4v) is 2.27. The summed E-state index contributed by atoms with van der Waals surface area (Å²) in [4.78, 5) is 26.6. The van der Waals surface area contributed by atoms with Crippen molar-refractivity contribution in [1.29, 1.82) is 0 Å². The van der Waals surface area contributed by atoms with E-state index in [-0.39, 0.29) is 17.4 Å². The Kier molecular flexibility index (Phi) is 13.7. The van der Waals surface area contributed by atoms with Gasteiger partial charge in [-0.15, -0.1) is 0 Å². The van der Waals surface area contributed by atoms with Crippen molar-refractivity contribution >= 4 is 17.5 Å². The number of rotatable bonds is 7. The second kappa shape index (κ2) is 15.2. The highest BCUT2D eigenvalue weighted by molar-refractivity contribution is 5.96. The third-order valence-corrected chi connectivity index (χ3v) is 3.75. The number of ether oxygens (including phenoxy) is 1. The first-order valence-electron chi connectivity index (χ1n) is 9.75. The van der Waals surface area contributed by atoms with Gasteiger partial charge in [-0.05, 0) is 36.6 Å². The number of primary amides is 1. The van der Waals surface area contributed by atoms with Crippen LogP contribution in [0.5, 0.6) is 0 Å². The first-order valence-corrected chi connectivity index (χ1v) is 9.75. The molecule has 0 fully saturated rings. The molecular formula is C22H32FN3O3. The van der Waals surface area contributed by atoms with Crippen LogP contribution >= 0.6 is 0 Å². The summed E-state index contributed by atoms with van der Waals surface area (Å²) in [6.07, 6.45) is 3.16. The zero-order chi connectivity index (χ0) is 22.2. The van der Waals surface area contributed by atoms with Crippen LogP contribution in [0.4, 0.5) is 10.1 Å². The maximum absolute atomic E-state index is 12.6. The maximum Gasteiger partial charge on any atom is 0.267 e. The fraction of sp³-hybridized carbons (Fsp3) is 0.409. The number of carbonyl (C=O) groups is 2. The van der Waals surface area contributed by atoms with E-state index in [0.29, 0.717) is 12.1 Å². The average molecular weight is 406 g/mol. The van der Waals surface area contributed by atoms with Crippen molar-refractivity contribution in [3.8, 4) is 0 Å². The number of nitrogens with one attached hydrogen (secondary N) is 1. The van der Waals surface area contributed by atoms with E-state index in [0.717, 1.165) is 18.4 Å². The van der Waals surface area contributed by atoms with Gasteiger partial charge in [-0.3, -0.25) is 14.6 Å². The minimum Gasteiger partial charge on any atom is -0.372 e. The van der Waals surface area contributed by atoms with Crippen LogP contribution in [0, 0.1) is 5.82 Å². The molecule has 0 saturated heterocycles. The SMILES string of the molecule is CC.CCCC(OC)C(=O)Nc1ccnc(C(N)=O)c1.CCc1ccccc1F. The van der Waals surface area contributed by atoms with Crippen LogP contribution in [0.2, 0.25) is 0 Å². The van der Waals surface area contributed by atoms with E-state index >= 15 is 0 Å². The number of pyridine rings is 1. The fourth-order valence-electron chi connectivity index (χ4n) is 2.27. The van der Waals surface area contributed by atoms with Gasteiger partial charge in [0.15, 0.2) is 0 Å². The molecule has 160 valence electrons. The van der Waals surface area contributed by atoms with E-state index in [9.17, 15) is 14.0 Å². The molecule has 0 aliphatic carbocycles. The maximum atomic E-state index is 12.6. The standard InChI is InChI=1S/C12H17N3O3.C8H9F.C2H6/c1-3-4-10(18-2)12(17)15-8-5-6-14-9(7-8)11(13)16;1-2-7-5-3-4-6-8(7)9;1-2/h5-7,10H,3-4H2,1-2H3,(H2,13,16)(H,14,15,17);3-6H,2H2,1H3;1-2H3. The summed E-state index contributed by atoms with van der Waals surface area (Å²) in [6.45, 7) is 7.91.